The highest BCUT2D eigenvalue weighted by molar-refractivity contribution is 5.85. The SMILES string of the molecule is CCNC(=NCC(=O)NC1CCCCC1)NCC1(C)CCCO1. The molecule has 1 amide bonds. The van der Waals surface area contributed by atoms with Crippen molar-refractivity contribution in [2.75, 3.05) is 26.2 Å². The van der Waals surface area contributed by atoms with E-state index in [2.05, 4.69) is 27.9 Å². The van der Waals surface area contributed by atoms with Crippen LogP contribution < -0.4 is 16.0 Å². The van der Waals surface area contributed by atoms with Crippen LogP contribution in [0.1, 0.15) is 58.8 Å². The van der Waals surface area contributed by atoms with Crippen molar-refractivity contribution in [1.82, 2.24) is 16.0 Å². The average molecular weight is 324 g/mol. The Labute approximate surface area is 139 Å². The van der Waals surface area contributed by atoms with E-state index >= 15 is 0 Å². The molecule has 23 heavy (non-hydrogen) atoms. The van der Waals surface area contributed by atoms with Gasteiger partial charge in [0.05, 0.1) is 5.60 Å². The Kier molecular flexibility index (Phi) is 7.15. The second-order valence-corrected chi connectivity index (χ2v) is 6.85. The molecule has 0 aromatic rings. The molecule has 6 nitrogen and oxygen atoms in total. The van der Waals surface area contributed by atoms with E-state index in [9.17, 15) is 4.79 Å². The maximum atomic E-state index is 12.0. The summed E-state index contributed by atoms with van der Waals surface area (Å²) in [5.74, 6) is 0.695. The Hall–Kier alpha value is -1.30. The van der Waals surface area contributed by atoms with Crippen LogP contribution in [0.5, 0.6) is 0 Å². The molecule has 1 saturated heterocycles. The Morgan fingerprint density at radius 1 is 1.22 bits per heavy atom. The number of hydrogen-bond acceptors (Lipinski definition) is 3. The van der Waals surface area contributed by atoms with Gasteiger partial charge in [0.15, 0.2) is 5.96 Å². The Balaban J connectivity index is 1.76. The molecule has 0 radical (unpaired) electrons. The molecule has 1 heterocycles. The highest BCUT2D eigenvalue weighted by atomic mass is 16.5. The second kappa shape index (κ2) is 9.11. The van der Waals surface area contributed by atoms with Crippen molar-refractivity contribution >= 4 is 11.9 Å². The average Bonchev–Trinajstić information content (AvgIpc) is 2.98. The molecular weight excluding hydrogens is 292 g/mol. The summed E-state index contributed by atoms with van der Waals surface area (Å²) < 4.78 is 5.77. The number of carbonyl (C=O) groups is 1. The lowest BCUT2D eigenvalue weighted by molar-refractivity contribution is -0.120. The molecule has 0 aromatic heterocycles. The third kappa shape index (κ3) is 6.37. The van der Waals surface area contributed by atoms with E-state index in [-0.39, 0.29) is 18.1 Å². The van der Waals surface area contributed by atoms with Crippen molar-refractivity contribution in [3.05, 3.63) is 0 Å². The maximum absolute atomic E-state index is 12.0. The number of nitrogens with one attached hydrogen (secondary N) is 3. The fourth-order valence-corrected chi connectivity index (χ4v) is 3.26. The summed E-state index contributed by atoms with van der Waals surface area (Å²) in [7, 11) is 0. The van der Waals surface area contributed by atoms with Crippen molar-refractivity contribution in [2.24, 2.45) is 4.99 Å². The molecular formula is C17H32N4O2. The van der Waals surface area contributed by atoms with Gasteiger partial charge >= 0.3 is 0 Å². The molecule has 0 aromatic carbocycles. The Morgan fingerprint density at radius 3 is 2.65 bits per heavy atom. The largest absolute Gasteiger partial charge is 0.373 e. The number of hydrogen-bond donors (Lipinski definition) is 3. The number of aliphatic imine (C=N–C) groups is 1. The van der Waals surface area contributed by atoms with Gasteiger partial charge in [0.2, 0.25) is 5.91 Å². The van der Waals surface area contributed by atoms with Crippen LogP contribution in [0.25, 0.3) is 0 Å². The minimum absolute atomic E-state index is 0.0115. The monoisotopic (exact) mass is 324 g/mol. The molecule has 1 unspecified atom stereocenters. The zero-order valence-corrected chi connectivity index (χ0v) is 14.6. The topological polar surface area (TPSA) is 74.8 Å². The smallest absolute Gasteiger partial charge is 0.242 e. The summed E-state index contributed by atoms with van der Waals surface area (Å²) in [4.78, 5) is 16.4. The van der Waals surface area contributed by atoms with Crippen molar-refractivity contribution in [3.63, 3.8) is 0 Å². The van der Waals surface area contributed by atoms with Crippen molar-refractivity contribution < 1.29 is 9.53 Å². The van der Waals surface area contributed by atoms with Gasteiger partial charge in [-0.15, -0.1) is 0 Å². The number of amides is 1. The van der Waals surface area contributed by atoms with Crippen molar-refractivity contribution in [3.8, 4) is 0 Å². The third-order valence-electron chi connectivity index (χ3n) is 4.63. The predicted octanol–water partition coefficient (Wildman–Crippen LogP) is 1.56. The fraction of sp³-hybridized carbons (Fsp3) is 0.882. The van der Waals surface area contributed by atoms with Crippen LogP contribution in [0.15, 0.2) is 4.99 Å². The van der Waals surface area contributed by atoms with Gasteiger partial charge in [-0.2, -0.15) is 0 Å². The lowest BCUT2D eigenvalue weighted by atomic mass is 9.95. The van der Waals surface area contributed by atoms with Gasteiger partial charge in [-0.25, -0.2) is 4.99 Å². The highest BCUT2D eigenvalue weighted by Crippen LogP contribution is 2.23. The van der Waals surface area contributed by atoms with Gasteiger partial charge in [-0.3, -0.25) is 4.79 Å². The van der Waals surface area contributed by atoms with Gasteiger partial charge < -0.3 is 20.7 Å². The normalized spacial score (nSPS) is 26.1. The van der Waals surface area contributed by atoms with Gasteiger partial charge in [0, 0.05) is 25.7 Å². The van der Waals surface area contributed by atoms with Crippen LogP contribution in [-0.2, 0) is 9.53 Å². The van der Waals surface area contributed by atoms with Crippen molar-refractivity contribution in [1.29, 1.82) is 0 Å². The first-order valence-electron chi connectivity index (χ1n) is 9.07. The first-order chi connectivity index (χ1) is 11.1. The van der Waals surface area contributed by atoms with E-state index in [4.69, 9.17) is 4.74 Å². The van der Waals surface area contributed by atoms with Crippen LogP contribution in [0.2, 0.25) is 0 Å². The first-order valence-corrected chi connectivity index (χ1v) is 9.07. The molecule has 1 aliphatic heterocycles. The summed E-state index contributed by atoms with van der Waals surface area (Å²) in [5, 5.41) is 9.58. The highest BCUT2D eigenvalue weighted by Gasteiger charge is 2.29. The molecule has 1 atom stereocenters. The van der Waals surface area contributed by atoms with Crippen LogP contribution >= 0.6 is 0 Å². The summed E-state index contributed by atoms with van der Waals surface area (Å²) in [6.45, 7) is 6.62. The van der Waals surface area contributed by atoms with E-state index in [1.165, 1.54) is 19.3 Å². The van der Waals surface area contributed by atoms with E-state index < -0.39 is 0 Å². The second-order valence-electron chi connectivity index (χ2n) is 6.85. The van der Waals surface area contributed by atoms with Gasteiger partial charge in [-0.05, 0) is 39.5 Å². The van der Waals surface area contributed by atoms with Gasteiger partial charge in [-0.1, -0.05) is 19.3 Å². The zero-order valence-electron chi connectivity index (χ0n) is 14.6. The van der Waals surface area contributed by atoms with E-state index in [1.807, 2.05) is 6.92 Å². The lowest BCUT2D eigenvalue weighted by Gasteiger charge is -2.25. The molecule has 2 rings (SSSR count). The number of guanidine groups is 1. The van der Waals surface area contributed by atoms with E-state index in [0.29, 0.717) is 18.5 Å². The predicted molar refractivity (Wildman–Crippen MR) is 92.6 cm³/mol. The number of rotatable bonds is 6. The Morgan fingerprint density at radius 2 is 2.00 bits per heavy atom. The molecule has 0 spiro atoms. The molecule has 6 heteroatoms. The number of ether oxygens (including phenoxy) is 1. The summed E-state index contributed by atoms with van der Waals surface area (Å²) in [5.41, 5.74) is -0.124. The molecule has 3 N–H and O–H groups in total. The minimum Gasteiger partial charge on any atom is -0.373 e. The zero-order chi connectivity index (χ0) is 16.5. The van der Waals surface area contributed by atoms with Gasteiger partial charge in [0.1, 0.15) is 6.54 Å². The van der Waals surface area contributed by atoms with Crippen LogP contribution in [0.4, 0.5) is 0 Å². The molecule has 132 valence electrons. The van der Waals surface area contributed by atoms with Crippen LogP contribution in [0.3, 0.4) is 0 Å². The first kappa shape index (κ1) is 18.0. The van der Waals surface area contributed by atoms with Crippen LogP contribution in [0, 0.1) is 0 Å². The molecule has 2 aliphatic rings. The lowest BCUT2D eigenvalue weighted by Crippen LogP contribution is -2.46. The molecule has 2 fully saturated rings. The summed E-state index contributed by atoms with van der Waals surface area (Å²) in [6.07, 6.45) is 8.10. The third-order valence-corrected chi connectivity index (χ3v) is 4.63. The fourth-order valence-electron chi connectivity index (χ4n) is 3.26. The summed E-state index contributed by atoms with van der Waals surface area (Å²) in [6, 6.07) is 0.341. The molecule has 0 bridgehead atoms. The van der Waals surface area contributed by atoms with Crippen LogP contribution in [-0.4, -0.2) is 49.8 Å². The molecule has 1 aliphatic carbocycles. The maximum Gasteiger partial charge on any atom is 0.242 e. The van der Waals surface area contributed by atoms with Crippen molar-refractivity contribution in [2.45, 2.75) is 70.4 Å². The number of nitrogens with zero attached hydrogens (tertiary/aromatic N) is 1. The number of carbonyl (C=O) groups excluding carboxylic acids is 1. The standard InChI is InChI=1S/C17H32N4O2/c1-3-18-16(20-13-17(2)10-7-11-23-17)19-12-15(22)21-14-8-5-4-6-9-14/h14H,3-13H2,1-2H3,(H,21,22)(H2,18,19,20). The minimum atomic E-state index is -0.124. The molecule has 1 saturated carbocycles. The quantitative estimate of drug-likeness (QED) is 0.512. The van der Waals surface area contributed by atoms with E-state index in [0.717, 1.165) is 38.8 Å². The van der Waals surface area contributed by atoms with Gasteiger partial charge in [0.25, 0.3) is 0 Å². The Bertz CT molecular complexity index is 399. The van der Waals surface area contributed by atoms with E-state index in [1.54, 1.807) is 0 Å². The summed E-state index contributed by atoms with van der Waals surface area (Å²) >= 11 is 0.